The Bertz CT molecular complexity index is 219. The molecule has 0 atom stereocenters. The van der Waals surface area contributed by atoms with Crippen LogP contribution in [0, 0.1) is 5.92 Å². The van der Waals surface area contributed by atoms with Crippen LogP contribution in [0.5, 0.6) is 0 Å². The number of nitrogens with one attached hydrogen (secondary N) is 1. The van der Waals surface area contributed by atoms with Crippen LogP contribution in [0.25, 0.3) is 0 Å². The van der Waals surface area contributed by atoms with Gasteiger partial charge in [0.15, 0.2) is 0 Å². The normalized spacial score (nSPS) is 26.5. The van der Waals surface area contributed by atoms with E-state index in [1.807, 2.05) is 0 Å². The van der Waals surface area contributed by atoms with Crippen LogP contribution in [0.2, 0.25) is 0 Å². The number of aliphatic hydroxyl groups excluding tert-OH is 1. The quantitative estimate of drug-likeness (QED) is 0.811. The molecule has 1 aliphatic heterocycles. The van der Waals surface area contributed by atoms with E-state index in [2.05, 4.69) is 5.32 Å². The van der Waals surface area contributed by atoms with Gasteiger partial charge >= 0.3 is 0 Å². The van der Waals surface area contributed by atoms with Gasteiger partial charge in [-0.05, 0) is 38.1 Å². The summed E-state index contributed by atoms with van der Waals surface area (Å²) in [7, 11) is 0. The molecule has 1 saturated heterocycles. The first-order valence-corrected chi connectivity index (χ1v) is 7.78. The molecule has 1 saturated carbocycles. The van der Waals surface area contributed by atoms with Crippen molar-refractivity contribution in [3.8, 4) is 0 Å². The number of hydrogen-bond donors (Lipinski definition) is 2. The second-order valence-corrected chi connectivity index (χ2v) is 6.14. The lowest BCUT2D eigenvalue weighted by atomic mass is 9.87. The van der Waals surface area contributed by atoms with Crippen LogP contribution in [0.4, 0.5) is 0 Å². The molecule has 0 unspecified atom stereocenters. The first-order chi connectivity index (χ1) is 8.85. The smallest absolute Gasteiger partial charge is 0.0615 e. The maximum Gasteiger partial charge on any atom is 0.0615 e. The number of hydrogen-bond acceptors (Lipinski definition) is 3. The molecule has 1 heterocycles. The monoisotopic (exact) mass is 255 g/mol. The van der Waals surface area contributed by atoms with Crippen molar-refractivity contribution in [1.29, 1.82) is 0 Å². The zero-order valence-corrected chi connectivity index (χ0v) is 11.6. The van der Waals surface area contributed by atoms with Crippen LogP contribution < -0.4 is 5.32 Å². The zero-order chi connectivity index (χ0) is 12.7. The largest absolute Gasteiger partial charge is 0.394 e. The summed E-state index contributed by atoms with van der Waals surface area (Å²) in [5.74, 6) is 0.816. The van der Waals surface area contributed by atoms with Crippen LogP contribution in [0.15, 0.2) is 0 Å². The summed E-state index contributed by atoms with van der Waals surface area (Å²) in [4.78, 5) is 0. The lowest BCUT2D eigenvalue weighted by Crippen LogP contribution is -2.53. The number of rotatable bonds is 4. The predicted molar refractivity (Wildman–Crippen MR) is 73.7 cm³/mol. The highest BCUT2D eigenvalue weighted by molar-refractivity contribution is 4.90. The molecule has 2 rings (SSSR count). The summed E-state index contributed by atoms with van der Waals surface area (Å²) in [5, 5.41) is 13.3. The van der Waals surface area contributed by atoms with Crippen molar-refractivity contribution in [2.24, 2.45) is 5.92 Å². The summed E-state index contributed by atoms with van der Waals surface area (Å²) in [6.07, 6.45) is 11.7. The highest BCUT2D eigenvalue weighted by Crippen LogP contribution is 2.24. The molecule has 0 aromatic heterocycles. The van der Waals surface area contributed by atoms with Crippen LogP contribution in [0.3, 0.4) is 0 Å². The maximum atomic E-state index is 9.65. The second kappa shape index (κ2) is 7.46. The third-order valence-electron chi connectivity index (χ3n) is 4.74. The predicted octanol–water partition coefficient (Wildman–Crippen LogP) is 2.48. The molecule has 1 aliphatic carbocycles. The minimum atomic E-state index is -0.0549. The van der Waals surface area contributed by atoms with Gasteiger partial charge in [-0.15, -0.1) is 0 Å². The van der Waals surface area contributed by atoms with E-state index >= 15 is 0 Å². The standard InChI is InChI=1S/C15H29NO2/c17-13-15(8-10-18-11-9-15)16-12-14-6-4-2-1-3-5-7-14/h14,16-17H,1-13H2. The van der Waals surface area contributed by atoms with Crippen molar-refractivity contribution < 1.29 is 9.84 Å². The molecule has 3 heteroatoms. The zero-order valence-electron chi connectivity index (χ0n) is 11.6. The van der Waals surface area contributed by atoms with Crippen LogP contribution in [-0.4, -0.2) is 37.0 Å². The van der Waals surface area contributed by atoms with Crippen molar-refractivity contribution >= 4 is 0 Å². The van der Waals surface area contributed by atoms with E-state index < -0.39 is 0 Å². The van der Waals surface area contributed by atoms with E-state index in [0.717, 1.165) is 38.5 Å². The third-order valence-corrected chi connectivity index (χ3v) is 4.74. The van der Waals surface area contributed by atoms with Gasteiger partial charge in [0, 0.05) is 18.8 Å². The molecule has 0 aromatic carbocycles. The summed E-state index contributed by atoms with van der Waals surface area (Å²) < 4.78 is 5.40. The van der Waals surface area contributed by atoms with Gasteiger partial charge in [0.05, 0.1) is 6.61 Å². The van der Waals surface area contributed by atoms with Crippen molar-refractivity contribution in [3.05, 3.63) is 0 Å². The lowest BCUT2D eigenvalue weighted by Gasteiger charge is -2.38. The van der Waals surface area contributed by atoms with Gasteiger partial charge in [-0.3, -0.25) is 0 Å². The van der Waals surface area contributed by atoms with Gasteiger partial charge in [-0.1, -0.05) is 32.1 Å². The van der Waals surface area contributed by atoms with E-state index in [4.69, 9.17) is 4.74 Å². The summed E-state index contributed by atoms with van der Waals surface area (Å²) in [5.41, 5.74) is -0.0549. The van der Waals surface area contributed by atoms with Gasteiger partial charge in [0.1, 0.15) is 0 Å². The van der Waals surface area contributed by atoms with Crippen LogP contribution in [-0.2, 0) is 4.74 Å². The molecule has 3 nitrogen and oxygen atoms in total. The van der Waals surface area contributed by atoms with Crippen molar-refractivity contribution in [3.63, 3.8) is 0 Å². The molecule has 0 spiro atoms. The Kier molecular flexibility index (Phi) is 5.93. The summed E-state index contributed by atoms with van der Waals surface area (Å²) >= 11 is 0. The molecular weight excluding hydrogens is 226 g/mol. The molecule has 2 fully saturated rings. The Morgan fingerprint density at radius 3 is 2.22 bits per heavy atom. The van der Waals surface area contributed by atoms with Crippen molar-refractivity contribution in [2.75, 3.05) is 26.4 Å². The molecule has 0 radical (unpaired) electrons. The van der Waals surface area contributed by atoms with E-state index in [9.17, 15) is 5.11 Å². The Balaban J connectivity index is 1.76. The second-order valence-electron chi connectivity index (χ2n) is 6.14. The molecule has 0 aromatic rings. The number of aliphatic hydroxyl groups is 1. The molecular formula is C15H29NO2. The minimum Gasteiger partial charge on any atom is -0.394 e. The average molecular weight is 255 g/mol. The van der Waals surface area contributed by atoms with Gasteiger partial charge in [-0.2, -0.15) is 0 Å². The summed E-state index contributed by atoms with van der Waals surface area (Å²) in [6, 6.07) is 0. The van der Waals surface area contributed by atoms with Crippen LogP contribution in [0.1, 0.15) is 57.8 Å². The fraction of sp³-hybridized carbons (Fsp3) is 1.00. The fourth-order valence-corrected chi connectivity index (χ4v) is 3.26. The Hall–Kier alpha value is -0.120. The Morgan fingerprint density at radius 2 is 1.61 bits per heavy atom. The van der Waals surface area contributed by atoms with Crippen LogP contribution >= 0.6 is 0 Å². The van der Waals surface area contributed by atoms with E-state index in [1.165, 1.54) is 44.9 Å². The highest BCUT2D eigenvalue weighted by atomic mass is 16.5. The van der Waals surface area contributed by atoms with Gasteiger partial charge < -0.3 is 15.2 Å². The van der Waals surface area contributed by atoms with E-state index in [0.29, 0.717) is 0 Å². The number of ether oxygens (including phenoxy) is 1. The SMILES string of the molecule is OCC1(NCC2CCCCCCC2)CCOCC1. The lowest BCUT2D eigenvalue weighted by molar-refractivity contribution is 0.00986. The Morgan fingerprint density at radius 1 is 1.00 bits per heavy atom. The molecule has 0 bridgehead atoms. The fourth-order valence-electron chi connectivity index (χ4n) is 3.26. The van der Waals surface area contributed by atoms with E-state index in [1.54, 1.807) is 0 Å². The third kappa shape index (κ3) is 4.22. The van der Waals surface area contributed by atoms with Gasteiger partial charge in [-0.25, -0.2) is 0 Å². The molecule has 2 N–H and O–H groups in total. The van der Waals surface area contributed by atoms with E-state index in [-0.39, 0.29) is 12.1 Å². The van der Waals surface area contributed by atoms with Crippen molar-refractivity contribution in [1.82, 2.24) is 5.32 Å². The van der Waals surface area contributed by atoms with Gasteiger partial charge in [0.25, 0.3) is 0 Å². The molecule has 18 heavy (non-hydrogen) atoms. The summed E-state index contributed by atoms with van der Waals surface area (Å²) in [6.45, 7) is 2.92. The first-order valence-electron chi connectivity index (χ1n) is 7.78. The van der Waals surface area contributed by atoms with Crippen molar-refractivity contribution in [2.45, 2.75) is 63.3 Å². The first kappa shape index (κ1) is 14.3. The molecule has 2 aliphatic rings. The minimum absolute atomic E-state index is 0.0549. The van der Waals surface area contributed by atoms with Gasteiger partial charge in [0.2, 0.25) is 0 Å². The average Bonchev–Trinajstić information content (AvgIpc) is 2.38. The Labute approximate surface area is 111 Å². The topological polar surface area (TPSA) is 41.5 Å². The maximum absolute atomic E-state index is 9.65. The highest BCUT2D eigenvalue weighted by Gasteiger charge is 2.31. The molecule has 106 valence electrons. The molecule has 0 amide bonds.